The van der Waals surface area contributed by atoms with Gasteiger partial charge in [0.2, 0.25) is 0 Å². The molecule has 0 fully saturated rings. The number of fused-ring (bicyclic) bond motifs is 4. The predicted octanol–water partition coefficient (Wildman–Crippen LogP) is 9.69. The van der Waals surface area contributed by atoms with Crippen LogP contribution in [0.3, 0.4) is 0 Å². The minimum Gasteiger partial charge on any atom is -0.126 e. The average molecular weight is 566 g/mol. The van der Waals surface area contributed by atoms with Crippen molar-refractivity contribution in [3.05, 3.63) is 168 Å². The molecule has 0 N–H and O–H groups in total. The molecule has 0 heterocycles. The van der Waals surface area contributed by atoms with Gasteiger partial charge in [0, 0.05) is 0 Å². The van der Waals surface area contributed by atoms with Gasteiger partial charge in [-0.2, -0.15) is 12.1 Å². The van der Waals surface area contributed by atoms with Gasteiger partial charge in [-0.25, -0.2) is 0 Å². The van der Waals surface area contributed by atoms with Crippen molar-refractivity contribution >= 4 is 35.5 Å². The fraction of sp³-hybridized carbons (Fsp3) is 0.0541. The minimum absolute atomic E-state index is 1.33. The number of hydrogen-bond donors (Lipinski definition) is 0. The molecule has 7 rings (SSSR count). The molecule has 0 saturated heterocycles. The maximum absolute atomic E-state index is 2.24. The van der Waals surface area contributed by atoms with Crippen LogP contribution in [0.5, 0.6) is 0 Å². The van der Waals surface area contributed by atoms with E-state index in [0.717, 1.165) is 0 Å². The second-order valence-electron chi connectivity index (χ2n) is 9.52. The van der Waals surface area contributed by atoms with E-state index in [2.05, 4.69) is 159 Å². The van der Waals surface area contributed by atoms with Crippen LogP contribution >= 0.6 is 0 Å². The third-order valence-electron chi connectivity index (χ3n) is 6.90. The summed E-state index contributed by atoms with van der Waals surface area (Å²) in [6.45, 7) is 4.31. The van der Waals surface area contributed by atoms with Gasteiger partial charge in [0.05, 0.1) is 0 Å². The van der Waals surface area contributed by atoms with Gasteiger partial charge in [-0.15, -0.1) is 68.7 Å². The van der Waals surface area contributed by atoms with E-state index in [-0.39, 0.29) is 0 Å². The minimum atomic E-state index is 1.33. The molecule has 0 aromatic heterocycles. The summed E-state index contributed by atoms with van der Waals surface area (Å²) >= 11 is 1.46. The molecule has 0 nitrogen and oxygen atoms in total. The van der Waals surface area contributed by atoms with Crippen LogP contribution in [0.2, 0.25) is 0 Å². The quantitative estimate of drug-likeness (QED) is 0.183. The fourth-order valence-electron chi connectivity index (χ4n) is 4.69. The molecule has 0 amide bonds. The van der Waals surface area contributed by atoms with E-state index in [1.165, 1.54) is 82.0 Å². The Hall–Kier alpha value is -3.67. The first kappa shape index (κ1) is 26.0. The third-order valence-corrected chi connectivity index (χ3v) is 8.32. The largest absolute Gasteiger partial charge is 0.126 e. The molecule has 0 spiro atoms. The Morgan fingerprint density at radius 3 is 1.55 bits per heavy atom. The number of hydrogen-bond acceptors (Lipinski definition) is 0. The van der Waals surface area contributed by atoms with Crippen molar-refractivity contribution < 1.29 is 24.2 Å². The monoisotopic (exact) mass is 564 g/mol. The van der Waals surface area contributed by atoms with E-state index in [9.17, 15) is 0 Å². The topological polar surface area (TPSA) is 0 Å². The maximum atomic E-state index is 2.24. The van der Waals surface area contributed by atoms with Gasteiger partial charge in [0.15, 0.2) is 0 Å². The Morgan fingerprint density at radius 2 is 1.00 bits per heavy atom. The molecule has 7 aromatic carbocycles. The van der Waals surface area contributed by atoms with Crippen LogP contribution in [0.15, 0.2) is 146 Å². The van der Waals surface area contributed by atoms with Crippen molar-refractivity contribution in [1.29, 1.82) is 0 Å². The Bertz CT molecular complexity index is 1660. The number of aryl methyl sites for hydroxylation is 2. The van der Waals surface area contributed by atoms with E-state index < -0.39 is 0 Å². The summed E-state index contributed by atoms with van der Waals surface area (Å²) in [6.07, 6.45) is 0. The first-order chi connectivity index (χ1) is 18.6. The van der Waals surface area contributed by atoms with Gasteiger partial charge in [0.25, 0.3) is 0 Å². The number of benzene rings is 5. The first-order valence-corrected chi connectivity index (χ1v) is 14.2. The van der Waals surface area contributed by atoms with Crippen LogP contribution in [-0.4, -0.2) is 3.21 Å². The summed E-state index contributed by atoms with van der Waals surface area (Å²) in [5.74, 6) is 0. The second kappa shape index (κ2) is 12.3. The average Bonchev–Trinajstić information content (AvgIpc) is 3.58. The molecule has 0 radical (unpaired) electrons. The molecule has 0 aliphatic rings. The van der Waals surface area contributed by atoms with E-state index in [4.69, 9.17) is 0 Å². The summed E-state index contributed by atoms with van der Waals surface area (Å²) in [7, 11) is 0. The normalized spacial score (nSPS) is 10.5. The molecular weight excluding hydrogens is 536 g/mol. The molecule has 0 bridgehead atoms. The standard InChI is InChI=1S/C13H9.C13H10.C11H11.Zr/c1-3-7-12-10(5-1)9-11-6-2-4-8-13(11)12;1-3-7-12(8-4-1)11-13-9-5-2-6-10-13;1-8-6-10-4-3-5-11(10)7-9(8)2;/h1-9H;1-10H;3-7H,1-2H3;/q-1;;-1;+2. The molecule has 182 valence electrons. The fourth-order valence-corrected chi connectivity index (χ4v) is 5.50. The smallest absolute Gasteiger partial charge is 0.0771 e. The van der Waals surface area contributed by atoms with Crippen molar-refractivity contribution in [2.24, 2.45) is 0 Å². The van der Waals surface area contributed by atoms with Crippen LogP contribution < -0.4 is 0 Å². The van der Waals surface area contributed by atoms with Gasteiger partial charge >= 0.3 is 99.2 Å². The van der Waals surface area contributed by atoms with Crippen molar-refractivity contribution in [3.63, 3.8) is 0 Å². The molecule has 0 atom stereocenters. The Labute approximate surface area is 240 Å². The van der Waals surface area contributed by atoms with Crippen molar-refractivity contribution in [2.75, 3.05) is 0 Å². The van der Waals surface area contributed by atoms with Crippen LogP contribution in [0, 0.1) is 13.8 Å². The molecule has 0 aliphatic carbocycles. The van der Waals surface area contributed by atoms with Crippen LogP contribution in [0.25, 0.3) is 32.3 Å². The zero-order chi connectivity index (χ0) is 26.3. The second-order valence-corrected chi connectivity index (χ2v) is 10.7. The third kappa shape index (κ3) is 6.07. The van der Waals surface area contributed by atoms with Crippen LogP contribution in [0.4, 0.5) is 0 Å². The van der Waals surface area contributed by atoms with Crippen LogP contribution in [-0.2, 0) is 24.2 Å². The van der Waals surface area contributed by atoms with Crippen molar-refractivity contribution in [3.8, 4) is 0 Å². The Balaban J connectivity index is 0.000000117. The zero-order valence-corrected chi connectivity index (χ0v) is 24.3. The summed E-state index contributed by atoms with van der Waals surface area (Å²) < 4.78 is 1.42. The first-order valence-electron chi connectivity index (χ1n) is 13.0. The van der Waals surface area contributed by atoms with E-state index >= 15 is 0 Å². The van der Waals surface area contributed by atoms with Crippen molar-refractivity contribution in [1.82, 2.24) is 0 Å². The van der Waals surface area contributed by atoms with Gasteiger partial charge in [0.1, 0.15) is 0 Å². The zero-order valence-electron chi connectivity index (χ0n) is 21.9. The van der Waals surface area contributed by atoms with Gasteiger partial charge in [-0.05, 0) is 13.8 Å². The summed E-state index contributed by atoms with van der Waals surface area (Å²) in [5, 5.41) is 8.10. The van der Waals surface area contributed by atoms with Gasteiger partial charge in [-0.1, -0.05) is 47.5 Å². The van der Waals surface area contributed by atoms with Crippen LogP contribution in [0.1, 0.15) is 22.3 Å². The van der Waals surface area contributed by atoms with E-state index in [0.29, 0.717) is 0 Å². The predicted molar refractivity (Wildman–Crippen MR) is 162 cm³/mol. The molecule has 1 heteroatoms. The maximum Gasteiger partial charge on any atom is -0.0771 e. The van der Waals surface area contributed by atoms with Gasteiger partial charge in [-0.3, -0.25) is 0 Å². The summed E-state index contributed by atoms with van der Waals surface area (Å²) in [4.78, 5) is 0. The molecule has 0 aliphatic heterocycles. The SMILES string of the molecule is Cc1cc2cc[cH-]c2cc1C.[Zr+2]=[C](c1ccccc1)c1ccccc1.c1ccc2c(c1)[cH-]c1ccccc12. The van der Waals surface area contributed by atoms with Crippen molar-refractivity contribution in [2.45, 2.75) is 13.8 Å². The molecule has 38 heavy (non-hydrogen) atoms. The molecule has 7 aromatic rings. The Kier molecular flexibility index (Phi) is 8.37. The molecule has 0 saturated carbocycles. The van der Waals surface area contributed by atoms with E-state index in [1.54, 1.807) is 0 Å². The number of rotatable bonds is 2. The molecular formula is C37H30Zr. The summed E-state index contributed by atoms with van der Waals surface area (Å²) in [6, 6.07) is 51.3. The van der Waals surface area contributed by atoms with Gasteiger partial charge < -0.3 is 0 Å². The molecule has 0 unspecified atom stereocenters. The Morgan fingerprint density at radius 1 is 0.526 bits per heavy atom. The summed E-state index contributed by atoms with van der Waals surface area (Å²) in [5.41, 5.74) is 5.42. The van der Waals surface area contributed by atoms with E-state index in [1.807, 2.05) is 0 Å².